The van der Waals surface area contributed by atoms with E-state index >= 15 is 0 Å². The van der Waals surface area contributed by atoms with Crippen molar-refractivity contribution in [3.05, 3.63) is 64.7 Å². The lowest BCUT2D eigenvalue weighted by atomic mass is 10.1. The van der Waals surface area contributed by atoms with Gasteiger partial charge in [-0.15, -0.1) is 0 Å². The number of benzene rings is 2. The number of nitrogens with zero attached hydrogens (tertiary/aromatic N) is 3. The Bertz CT molecular complexity index is 991. The smallest absolute Gasteiger partial charge is 0.248 e. The van der Waals surface area contributed by atoms with E-state index in [4.69, 9.17) is 10.5 Å². The van der Waals surface area contributed by atoms with Crippen LogP contribution in [0.4, 0.5) is 17.6 Å². The van der Waals surface area contributed by atoms with Crippen molar-refractivity contribution in [3.63, 3.8) is 0 Å². The van der Waals surface area contributed by atoms with Crippen LogP contribution >= 0.6 is 0 Å². The highest BCUT2D eigenvalue weighted by molar-refractivity contribution is 6.01. The molecule has 0 aromatic heterocycles. The average Bonchev–Trinajstić information content (AvgIpc) is 3.00. The van der Waals surface area contributed by atoms with Gasteiger partial charge >= 0.3 is 0 Å². The zero-order valence-electron chi connectivity index (χ0n) is 16.5. The number of hydrogen-bond donors (Lipinski definition) is 1. The van der Waals surface area contributed by atoms with Crippen LogP contribution in [0.1, 0.15) is 36.7 Å². The van der Waals surface area contributed by atoms with E-state index in [1.807, 2.05) is 6.92 Å². The zero-order chi connectivity index (χ0) is 22.2. The Morgan fingerprint density at radius 1 is 1.17 bits per heavy atom. The number of primary amides is 1. The van der Waals surface area contributed by atoms with Gasteiger partial charge in [-0.2, -0.15) is 5.10 Å². The second-order valence-corrected chi connectivity index (χ2v) is 6.70. The molecule has 2 N–H and O–H groups in total. The van der Waals surface area contributed by atoms with Gasteiger partial charge in [-0.3, -0.25) is 4.79 Å². The van der Waals surface area contributed by atoms with Crippen LogP contribution in [0.25, 0.3) is 0 Å². The Kier molecular flexibility index (Phi) is 5.86. The minimum Gasteiger partial charge on any atom is -0.463 e. The number of halogens is 4. The summed E-state index contributed by atoms with van der Waals surface area (Å²) in [7, 11) is 0. The summed E-state index contributed by atoms with van der Waals surface area (Å²) >= 11 is 0. The molecule has 6 nitrogen and oxygen atoms in total. The van der Waals surface area contributed by atoms with Crippen molar-refractivity contribution in [1.82, 2.24) is 9.91 Å². The van der Waals surface area contributed by atoms with Gasteiger partial charge in [0, 0.05) is 24.2 Å². The molecule has 2 aromatic carbocycles. The molecule has 0 saturated heterocycles. The molecule has 2 aromatic rings. The first-order valence-electron chi connectivity index (χ1n) is 9.18. The van der Waals surface area contributed by atoms with Crippen molar-refractivity contribution in [2.45, 2.75) is 33.2 Å². The number of ether oxygens (including phenoxy) is 1. The fourth-order valence-corrected chi connectivity index (χ4v) is 3.29. The highest BCUT2D eigenvalue weighted by Gasteiger charge is 2.35. The minimum atomic E-state index is -1.18. The third-order valence-electron chi connectivity index (χ3n) is 4.78. The molecule has 30 heavy (non-hydrogen) atoms. The van der Waals surface area contributed by atoms with Gasteiger partial charge < -0.3 is 15.4 Å². The fourth-order valence-electron chi connectivity index (χ4n) is 3.29. The van der Waals surface area contributed by atoms with Gasteiger partial charge in [0.1, 0.15) is 17.8 Å². The third kappa shape index (κ3) is 3.89. The number of rotatable bonds is 6. The van der Waals surface area contributed by atoms with Crippen molar-refractivity contribution in [2.24, 2.45) is 10.8 Å². The first-order chi connectivity index (χ1) is 14.1. The standard InChI is InChI=1S/C20H20F4N4O2/c1-4-27-10(2)28(11(3)30-18-16(23)8-13(21)9-17(18)24)26-20(27)14-6-5-12(19(25)29)7-15(14)22/h5-11H,4H2,1-3H3,(H2,25,29). The van der Waals surface area contributed by atoms with Gasteiger partial charge in [-0.05, 0) is 39.0 Å². The molecule has 10 heteroatoms. The maximum atomic E-state index is 14.6. The maximum absolute atomic E-state index is 14.6. The zero-order valence-corrected chi connectivity index (χ0v) is 16.5. The molecule has 0 fully saturated rings. The Hall–Kier alpha value is -3.30. The van der Waals surface area contributed by atoms with Crippen molar-refractivity contribution in [3.8, 4) is 5.75 Å². The van der Waals surface area contributed by atoms with Crippen LogP contribution in [0, 0.1) is 23.3 Å². The summed E-state index contributed by atoms with van der Waals surface area (Å²) in [6.07, 6.45) is -1.41. The summed E-state index contributed by atoms with van der Waals surface area (Å²) < 4.78 is 61.0. The highest BCUT2D eigenvalue weighted by atomic mass is 19.1. The lowest BCUT2D eigenvalue weighted by Gasteiger charge is -2.31. The molecule has 1 aliphatic heterocycles. The van der Waals surface area contributed by atoms with Crippen LogP contribution < -0.4 is 10.5 Å². The molecule has 2 unspecified atom stereocenters. The quantitative estimate of drug-likeness (QED) is 0.722. The van der Waals surface area contributed by atoms with Crippen molar-refractivity contribution in [1.29, 1.82) is 0 Å². The molecular formula is C20H20F4N4O2. The summed E-state index contributed by atoms with van der Waals surface area (Å²) in [5, 5.41) is 5.78. The highest BCUT2D eigenvalue weighted by Crippen LogP contribution is 2.28. The molecule has 160 valence electrons. The predicted octanol–water partition coefficient (Wildman–Crippen LogP) is 3.41. The molecule has 3 rings (SSSR count). The number of carbonyl (C=O) groups excluding carboxylic acids is 1. The summed E-state index contributed by atoms with van der Waals surface area (Å²) in [6, 6.07) is 4.82. The molecule has 0 bridgehead atoms. The number of amides is 1. The summed E-state index contributed by atoms with van der Waals surface area (Å²) in [5.74, 6) is -5.37. The Morgan fingerprint density at radius 2 is 1.80 bits per heavy atom. The van der Waals surface area contributed by atoms with E-state index in [1.165, 1.54) is 24.1 Å². The van der Waals surface area contributed by atoms with E-state index in [-0.39, 0.29) is 17.0 Å². The van der Waals surface area contributed by atoms with Crippen LogP contribution in [0.15, 0.2) is 35.4 Å². The van der Waals surface area contributed by atoms with Gasteiger partial charge in [0.05, 0.1) is 5.56 Å². The second kappa shape index (κ2) is 8.21. The first-order valence-corrected chi connectivity index (χ1v) is 9.18. The monoisotopic (exact) mass is 424 g/mol. The third-order valence-corrected chi connectivity index (χ3v) is 4.78. The maximum Gasteiger partial charge on any atom is 0.248 e. The van der Waals surface area contributed by atoms with E-state index in [0.717, 1.165) is 6.07 Å². The second-order valence-electron chi connectivity index (χ2n) is 6.70. The number of amidine groups is 1. The molecule has 0 saturated carbocycles. The van der Waals surface area contributed by atoms with Gasteiger partial charge in [-0.25, -0.2) is 22.6 Å². The molecule has 1 amide bonds. The van der Waals surface area contributed by atoms with Crippen LogP contribution in [0.3, 0.4) is 0 Å². The number of carbonyl (C=O) groups is 1. The van der Waals surface area contributed by atoms with Gasteiger partial charge in [0.25, 0.3) is 0 Å². The molecule has 1 heterocycles. The Balaban J connectivity index is 1.93. The summed E-state index contributed by atoms with van der Waals surface area (Å²) in [5.41, 5.74) is 5.32. The van der Waals surface area contributed by atoms with Crippen LogP contribution in [-0.2, 0) is 0 Å². The van der Waals surface area contributed by atoms with E-state index < -0.39 is 47.3 Å². The normalized spacial score (nSPS) is 17.2. The van der Waals surface area contributed by atoms with Crippen LogP contribution in [-0.4, -0.2) is 40.6 Å². The van der Waals surface area contributed by atoms with Crippen molar-refractivity contribution < 1.29 is 27.1 Å². The van der Waals surface area contributed by atoms with E-state index in [9.17, 15) is 22.4 Å². The minimum absolute atomic E-state index is 0.0155. The van der Waals surface area contributed by atoms with E-state index in [2.05, 4.69) is 5.10 Å². The Labute approximate surface area is 170 Å². The predicted molar refractivity (Wildman–Crippen MR) is 102 cm³/mol. The van der Waals surface area contributed by atoms with Crippen molar-refractivity contribution >= 4 is 11.7 Å². The van der Waals surface area contributed by atoms with Gasteiger partial charge in [0.15, 0.2) is 29.4 Å². The lowest BCUT2D eigenvalue weighted by Crippen LogP contribution is -2.45. The molecule has 0 spiro atoms. The fraction of sp³-hybridized carbons (Fsp3) is 0.300. The largest absolute Gasteiger partial charge is 0.463 e. The van der Waals surface area contributed by atoms with Crippen LogP contribution in [0.2, 0.25) is 0 Å². The van der Waals surface area contributed by atoms with E-state index in [1.54, 1.807) is 11.8 Å². The topological polar surface area (TPSA) is 71.2 Å². The number of hydrazone groups is 1. The van der Waals surface area contributed by atoms with E-state index in [0.29, 0.717) is 18.7 Å². The molecular weight excluding hydrogens is 404 g/mol. The number of nitrogens with two attached hydrogens (primary N) is 1. The van der Waals surface area contributed by atoms with Crippen LogP contribution in [0.5, 0.6) is 5.75 Å². The average molecular weight is 424 g/mol. The Morgan fingerprint density at radius 3 is 2.33 bits per heavy atom. The van der Waals surface area contributed by atoms with Gasteiger partial charge in [0.2, 0.25) is 5.91 Å². The lowest BCUT2D eigenvalue weighted by molar-refractivity contribution is -0.00922. The number of hydrogen-bond acceptors (Lipinski definition) is 5. The summed E-state index contributed by atoms with van der Waals surface area (Å²) in [4.78, 5) is 13.0. The molecule has 1 aliphatic rings. The van der Waals surface area contributed by atoms with Crippen molar-refractivity contribution in [2.75, 3.05) is 6.54 Å². The van der Waals surface area contributed by atoms with Gasteiger partial charge in [-0.1, -0.05) is 0 Å². The SMILES string of the molecule is CCN1C(c2ccc(C(N)=O)cc2F)=NN(C(C)Oc2c(F)cc(F)cc2F)C1C. The first kappa shape index (κ1) is 21.4. The molecule has 0 radical (unpaired) electrons. The molecule has 2 atom stereocenters. The molecule has 0 aliphatic carbocycles. The summed E-state index contributed by atoms with van der Waals surface area (Å²) in [6.45, 7) is 5.54.